The molecule has 1 saturated heterocycles. The maximum Gasteiger partial charge on any atom is 0.231 e. The molecule has 152 valence electrons. The molecule has 1 aliphatic heterocycles. The van der Waals surface area contributed by atoms with Gasteiger partial charge in [-0.25, -0.2) is 8.78 Å². The monoisotopic (exact) mass is 408 g/mol. The minimum Gasteiger partial charge on any atom is -0.361 e. The van der Waals surface area contributed by atoms with Crippen molar-refractivity contribution in [3.05, 3.63) is 83.1 Å². The van der Waals surface area contributed by atoms with Gasteiger partial charge in [0.15, 0.2) is 5.82 Å². The van der Waals surface area contributed by atoms with Crippen LogP contribution in [0.2, 0.25) is 0 Å². The second-order valence-corrected chi connectivity index (χ2v) is 7.54. The van der Waals surface area contributed by atoms with E-state index >= 15 is 0 Å². The van der Waals surface area contributed by atoms with Gasteiger partial charge in [-0.2, -0.15) is 4.98 Å². The predicted octanol–water partition coefficient (Wildman–Crippen LogP) is 3.94. The summed E-state index contributed by atoms with van der Waals surface area (Å²) >= 11 is 0. The normalized spacial score (nSPS) is 16.7. The Morgan fingerprint density at radius 2 is 1.97 bits per heavy atom. The third kappa shape index (κ3) is 3.56. The first-order chi connectivity index (χ1) is 14.5. The van der Waals surface area contributed by atoms with E-state index in [1.165, 1.54) is 12.1 Å². The molecule has 1 fully saturated rings. The Labute approximate surface area is 170 Å². The molecule has 4 aromatic rings. The van der Waals surface area contributed by atoms with Gasteiger partial charge in [-0.1, -0.05) is 23.4 Å². The Hall–Kier alpha value is -3.55. The van der Waals surface area contributed by atoms with Gasteiger partial charge in [-0.3, -0.25) is 4.79 Å². The number of benzene rings is 2. The van der Waals surface area contributed by atoms with Gasteiger partial charge >= 0.3 is 0 Å². The molecule has 2 aromatic carbocycles. The Morgan fingerprint density at radius 3 is 2.80 bits per heavy atom. The summed E-state index contributed by atoms with van der Waals surface area (Å²) < 4.78 is 32.3. The highest BCUT2D eigenvalue weighted by Gasteiger charge is 2.33. The molecule has 1 amide bonds. The van der Waals surface area contributed by atoms with Crippen molar-refractivity contribution in [2.24, 2.45) is 0 Å². The van der Waals surface area contributed by atoms with Gasteiger partial charge in [0.2, 0.25) is 11.8 Å². The number of hydrogen-bond acceptors (Lipinski definition) is 4. The van der Waals surface area contributed by atoms with Gasteiger partial charge < -0.3 is 14.4 Å². The van der Waals surface area contributed by atoms with Crippen LogP contribution in [-0.4, -0.2) is 32.5 Å². The van der Waals surface area contributed by atoms with Crippen molar-refractivity contribution in [2.45, 2.75) is 25.3 Å². The number of likely N-dealkylation sites (tertiary alicyclic amines) is 1. The quantitative estimate of drug-likeness (QED) is 0.543. The lowest BCUT2D eigenvalue weighted by atomic mass is 10.1. The van der Waals surface area contributed by atoms with E-state index < -0.39 is 11.6 Å². The Kier molecular flexibility index (Phi) is 4.54. The van der Waals surface area contributed by atoms with Crippen molar-refractivity contribution in [3.8, 4) is 0 Å². The average molecular weight is 408 g/mol. The maximum absolute atomic E-state index is 13.4. The topological polar surface area (TPSA) is 75.0 Å². The van der Waals surface area contributed by atoms with Gasteiger partial charge in [-0.05, 0) is 29.3 Å². The molecule has 0 radical (unpaired) electrons. The molecule has 0 saturated carbocycles. The van der Waals surface area contributed by atoms with Gasteiger partial charge in [0, 0.05) is 48.6 Å². The second kappa shape index (κ2) is 7.37. The van der Waals surface area contributed by atoms with Crippen molar-refractivity contribution in [1.29, 1.82) is 0 Å². The summed E-state index contributed by atoms with van der Waals surface area (Å²) in [7, 11) is 0. The zero-order valence-corrected chi connectivity index (χ0v) is 15.9. The highest BCUT2D eigenvalue weighted by Crippen LogP contribution is 2.28. The number of carbonyl (C=O) groups is 1. The second-order valence-electron chi connectivity index (χ2n) is 7.54. The van der Waals surface area contributed by atoms with Crippen LogP contribution in [0.1, 0.15) is 35.2 Å². The predicted molar refractivity (Wildman–Crippen MR) is 105 cm³/mol. The van der Waals surface area contributed by atoms with Crippen LogP contribution in [0.5, 0.6) is 0 Å². The van der Waals surface area contributed by atoms with Crippen molar-refractivity contribution >= 4 is 16.8 Å². The van der Waals surface area contributed by atoms with Crippen LogP contribution in [0.15, 0.2) is 53.2 Å². The lowest BCUT2D eigenvalue weighted by molar-refractivity contribution is -0.128. The van der Waals surface area contributed by atoms with Gasteiger partial charge in [-0.15, -0.1) is 0 Å². The van der Waals surface area contributed by atoms with Crippen LogP contribution in [0, 0.1) is 11.6 Å². The molecule has 1 unspecified atom stereocenters. The summed E-state index contributed by atoms with van der Waals surface area (Å²) in [5.41, 5.74) is 2.51. The molecule has 30 heavy (non-hydrogen) atoms. The Morgan fingerprint density at radius 1 is 1.17 bits per heavy atom. The number of fused-ring (bicyclic) bond motifs is 1. The lowest BCUT2D eigenvalue weighted by Crippen LogP contribution is -2.24. The van der Waals surface area contributed by atoms with Crippen molar-refractivity contribution in [2.75, 3.05) is 6.54 Å². The summed E-state index contributed by atoms with van der Waals surface area (Å²) in [6, 6.07) is 11.3. The number of H-pyrrole nitrogens is 1. The van der Waals surface area contributed by atoms with E-state index in [9.17, 15) is 13.6 Å². The summed E-state index contributed by atoms with van der Waals surface area (Å²) in [5.74, 6) is -0.676. The lowest BCUT2D eigenvalue weighted by Gasteiger charge is -2.16. The Balaban J connectivity index is 1.29. The molecule has 2 aromatic heterocycles. The van der Waals surface area contributed by atoms with Crippen molar-refractivity contribution in [3.63, 3.8) is 0 Å². The zero-order valence-electron chi connectivity index (χ0n) is 15.9. The number of para-hydroxylation sites is 1. The summed E-state index contributed by atoms with van der Waals surface area (Å²) in [4.78, 5) is 21.7. The van der Waals surface area contributed by atoms with E-state index in [2.05, 4.69) is 15.1 Å². The first-order valence-corrected chi connectivity index (χ1v) is 9.65. The number of nitrogens with one attached hydrogen (secondary N) is 1. The molecule has 8 heteroatoms. The van der Waals surface area contributed by atoms with Crippen molar-refractivity contribution < 1.29 is 18.1 Å². The molecule has 1 aliphatic rings. The van der Waals surface area contributed by atoms with Crippen LogP contribution in [0.3, 0.4) is 0 Å². The number of amides is 1. The fraction of sp³-hybridized carbons (Fsp3) is 0.227. The van der Waals surface area contributed by atoms with E-state index in [-0.39, 0.29) is 24.8 Å². The van der Waals surface area contributed by atoms with Crippen LogP contribution in [0.4, 0.5) is 8.78 Å². The smallest absolute Gasteiger partial charge is 0.231 e. The molecule has 0 bridgehead atoms. The van der Waals surface area contributed by atoms with E-state index in [0.29, 0.717) is 30.2 Å². The standard InChI is InChI=1S/C22H18F2N4O2/c23-16-5-13(6-17(24)9-16)11-28-12-15(8-21(28)29)22-26-20(30-27-22)7-14-10-25-19-4-2-1-3-18(14)19/h1-6,9-10,15,25H,7-8,11-12H2. The molecule has 1 atom stereocenters. The van der Waals surface area contributed by atoms with Gasteiger partial charge in [0.05, 0.1) is 6.42 Å². The van der Waals surface area contributed by atoms with Crippen LogP contribution >= 0.6 is 0 Å². The largest absolute Gasteiger partial charge is 0.361 e. The minimum atomic E-state index is -0.659. The highest BCUT2D eigenvalue weighted by molar-refractivity contribution is 5.83. The van der Waals surface area contributed by atoms with Gasteiger partial charge in [0.25, 0.3) is 0 Å². The average Bonchev–Trinajstić information content (AvgIpc) is 3.42. The SMILES string of the molecule is O=C1CC(c2noc(Cc3c[nH]c4ccccc34)n2)CN1Cc1cc(F)cc(F)c1. The fourth-order valence-electron chi connectivity index (χ4n) is 3.97. The number of halogens is 2. The number of rotatable bonds is 5. The third-order valence-corrected chi connectivity index (χ3v) is 5.38. The summed E-state index contributed by atoms with van der Waals surface area (Å²) in [6.45, 7) is 0.521. The summed E-state index contributed by atoms with van der Waals surface area (Å²) in [6.07, 6.45) is 2.65. The number of nitrogens with zero attached hydrogens (tertiary/aromatic N) is 3. The zero-order chi connectivity index (χ0) is 20.7. The van der Waals surface area contributed by atoms with E-state index in [0.717, 1.165) is 22.5 Å². The number of carbonyl (C=O) groups excluding carboxylic acids is 1. The third-order valence-electron chi connectivity index (χ3n) is 5.38. The highest BCUT2D eigenvalue weighted by atomic mass is 19.1. The number of aromatic nitrogens is 3. The van der Waals surface area contributed by atoms with E-state index in [4.69, 9.17) is 4.52 Å². The molecule has 5 rings (SSSR count). The molecule has 6 nitrogen and oxygen atoms in total. The number of aromatic amines is 1. The van der Waals surface area contributed by atoms with Crippen LogP contribution in [0.25, 0.3) is 10.9 Å². The maximum atomic E-state index is 13.4. The fourth-order valence-corrected chi connectivity index (χ4v) is 3.97. The van der Waals surface area contributed by atoms with Crippen LogP contribution in [-0.2, 0) is 17.8 Å². The molecule has 0 spiro atoms. The first kappa shape index (κ1) is 18.5. The first-order valence-electron chi connectivity index (χ1n) is 9.65. The molecular formula is C22H18F2N4O2. The minimum absolute atomic E-state index is 0.104. The van der Waals surface area contributed by atoms with Crippen molar-refractivity contribution in [1.82, 2.24) is 20.0 Å². The van der Waals surface area contributed by atoms with Gasteiger partial charge in [0.1, 0.15) is 11.6 Å². The van der Waals surface area contributed by atoms with E-state index in [1.807, 2.05) is 30.5 Å². The molecule has 3 heterocycles. The molecule has 1 N–H and O–H groups in total. The molecular weight excluding hydrogens is 390 g/mol. The van der Waals surface area contributed by atoms with E-state index in [1.54, 1.807) is 4.90 Å². The molecule has 0 aliphatic carbocycles. The summed E-state index contributed by atoms with van der Waals surface area (Å²) in [5, 5.41) is 5.17. The number of hydrogen-bond donors (Lipinski definition) is 1. The Bertz CT molecular complexity index is 1210. The van der Waals surface area contributed by atoms with Crippen LogP contribution < -0.4 is 0 Å².